The molecule has 42 heavy (non-hydrogen) atoms. The lowest BCUT2D eigenvalue weighted by Gasteiger charge is -2.31. The van der Waals surface area contributed by atoms with Gasteiger partial charge in [-0.25, -0.2) is 4.98 Å². The molecule has 0 atom stereocenters. The zero-order valence-corrected chi connectivity index (χ0v) is 24.9. The minimum Gasteiger partial charge on any atom is -0.377 e. The molecule has 0 bridgehead atoms. The van der Waals surface area contributed by atoms with Crippen LogP contribution < -0.4 is 15.8 Å². The monoisotopic (exact) mass is 567 g/mol. The number of pyridine rings is 2. The summed E-state index contributed by atoms with van der Waals surface area (Å²) in [6.45, 7) is 11.3. The first kappa shape index (κ1) is 26.7. The SMILES string of the molecule is CCc1c(-c2cc(Nc3cc(C)n(C4COC4)n3)c(=O)n(C)c2)ccnc1N1CCn2c(cc3c2CC(C)(C)C3)C1=O. The van der Waals surface area contributed by atoms with Crippen molar-refractivity contribution in [1.82, 2.24) is 23.9 Å². The number of aromatic nitrogens is 5. The van der Waals surface area contributed by atoms with Crippen LogP contribution in [0.4, 0.5) is 17.3 Å². The first-order chi connectivity index (χ1) is 20.1. The van der Waals surface area contributed by atoms with E-state index in [-0.39, 0.29) is 22.9 Å². The Bertz CT molecular complexity index is 1790. The van der Waals surface area contributed by atoms with Crippen molar-refractivity contribution in [2.45, 2.75) is 59.5 Å². The van der Waals surface area contributed by atoms with Crippen molar-refractivity contribution in [3.63, 3.8) is 0 Å². The molecule has 10 nitrogen and oxygen atoms in total. The average molecular weight is 568 g/mol. The molecule has 0 aromatic carbocycles. The fraction of sp³-hybridized carbons (Fsp3) is 0.438. The number of hydrogen-bond acceptors (Lipinski definition) is 6. The minimum absolute atomic E-state index is 0.00144. The number of rotatable bonds is 6. The highest BCUT2D eigenvalue weighted by atomic mass is 16.5. The van der Waals surface area contributed by atoms with Crippen LogP contribution >= 0.6 is 0 Å². The number of aryl methyl sites for hydroxylation is 2. The molecule has 1 amide bonds. The minimum atomic E-state index is -0.145. The maximum Gasteiger partial charge on any atom is 0.276 e. The molecule has 2 aliphatic heterocycles. The second kappa shape index (κ2) is 9.69. The van der Waals surface area contributed by atoms with Crippen LogP contribution in [0, 0.1) is 12.3 Å². The fourth-order valence-corrected chi connectivity index (χ4v) is 6.82. The molecule has 1 aliphatic carbocycles. The van der Waals surface area contributed by atoms with Gasteiger partial charge >= 0.3 is 0 Å². The lowest BCUT2D eigenvalue weighted by atomic mass is 9.90. The number of hydrogen-bond donors (Lipinski definition) is 1. The maximum absolute atomic E-state index is 13.9. The summed E-state index contributed by atoms with van der Waals surface area (Å²) < 4.78 is 11.1. The van der Waals surface area contributed by atoms with Crippen LogP contribution in [0.25, 0.3) is 11.1 Å². The summed E-state index contributed by atoms with van der Waals surface area (Å²) in [6, 6.07) is 8.11. The Labute approximate surface area is 244 Å². The maximum atomic E-state index is 13.9. The van der Waals surface area contributed by atoms with Crippen molar-refractivity contribution >= 4 is 23.2 Å². The van der Waals surface area contributed by atoms with Crippen LogP contribution in [-0.4, -0.2) is 49.6 Å². The van der Waals surface area contributed by atoms with Gasteiger partial charge in [0.1, 0.15) is 17.2 Å². The summed E-state index contributed by atoms with van der Waals surface area (Å²) in [6.07, 6.45) is 6.30. The Kier molecular flexibility index (Phi) is 6.16. The third kappa shape index (κ3) is 4.27. The highest BCUT2D eigenvalue weighted by molar-refractivity contribution is 6.06. The predicted molar refractivity (Wildman–Crippen MR) is 162 cm³/mol. The van der Waals surface area contributed by atoms with Gasteiger partial charge in [-0.05, 0) is 60.9 Å². The zero-order valence-electron chi connectivity index (χ0n) is 24.9. The van der Waals surface area contributed by atoms with Gasteiger partial charge in [0.15, 0.2) is 5.82 Å². The molecule has 3 aliphatic rings. The summed E-state index contributed by atoms with van der Waals surface area (Å²) in [5.74, 6) is 1.31. The number of ether oxygens (including phenoxy) is 1. The van der Waals surface area contributed by atoms with Crippen molar-refractivity contribution in [3.05, 3.63) is 75.2 Å². The van der Waals surface area contributed by atoms with Gasteiger partial charge < -0.3 is 19.2 Å². The number of nitrogens with zero attached hydrogens (tertiary/aromatic N) is 6. The van der Waals surface area contributed by atoms with Gasteiger partial charge in [-0.1, -0.05) is 20.8 Å². The van der Waals surface area contributed by atoms with E-state index < -0.39 is 0 Å². The van der Waals surface area contributed by atoms with Crippen LogP contribution in [0.1, 0.15) is 59.8 Å². The van der Waals surface area contributed by atoms with Crippen molar-refractivity contribution in [2.24, 2.45) is 12.5 Å². The molecule has 10 heteroatoms. The molecule has 1 N–H and O–H groups in total. The Balaban J connectivity index is 1.22. The first-order valence-electron chi connectivity index (χ1n) is 14.8. The van der Waals surface area contributed by atoms with E-state index >= 15 is 0 Å². The first-order valence-corrected chi connectivity index (χ1v) is 14.8. The second-order valence-electron chi connectivity index (χ2n) is 12.6. The highest BCUT2D eigenvalue weighted by Crippen LogP contribution is 2.40. The van der Waals surface area contributed by atoms with Crippen LogP contribution in [0.15, 0.2) is 41.5 Å². The molecule has 0 radical (unpaired) electrons. The number of carbonyl (C=O) groups excluding carboxylic acids is 1. The van der Waals surface area contributed by atoms with E-state index in [1.54, 1.807) is 17.8 Å². The molecule has 0 unspecified atom stereocenters. The van der Waals surface area contributed by atoms with Crippen molar-refractivity contribution < 1.29 is 9.53 Å². The molecule has 4 aromatic heterocycles. The lowest BCUT2D eigenvalue weighted by molar-refractivity contribution is -0.0293. The van der Waals surface area contributed by atoms with Gasteiger partial charge in [0.05, 0.1) is 19.3 Å². The highest BCUT2D eigenvalue weighted by Gasteiger charge is 2.37. The van der Waals surface area contributed by atoms with Crippen molar-refractivity contribution in [2.75, 3.05) is 30.0 Å². The average Bonchev–Trinajstić information content (AvgIpc) is 3.54. The quantitative estimate of drug-likeness (QED) is 0.371. The predicted octanol–water partition coefficient (Wildman–Crippen LogP) is 4.42. The van der Waals surface area contributed by atoms with Gasteiger partial charge in [0.2, 0.25) is 0 Å². The third-order valence-corrected chi connectivity index (χ3v) is 8.91. The number of amides is 1. The molecule has 7 rings (SSSR count). The van der Waals surface area contributed by atoms with E-state index in [1.807, 2.05) is 40.9 Å². The largest absolute Gasteiger partial charge is 0.377 e. The van der Waals surface area contributed by atoms with Crippen molar-refractivity contribution in [1.29, 1.82) is 0 Å². The number of carbonyl (C=O) groups is 1. The normalized spacial score (nSPS) is 17.7. The van der Waals surface area contributed by atoms with E-state index in [4.69, 9.17) is 9.72 Å². The molecular formula is C32H37N7O3. The number of fused-ring (bicyclic) bond motifs is 3. The topological polar surface area (TPSA) is 99.2 Å². The summed E-state index contributed by atoms with van der Waals surface area (Å²) in [4.78, 5) is 33.6. The van der Waals surface area contributed by atoms with E-state index in [2.05, 4.69) is 41.8 Å². The molecule has 6 heterocycles. The van der Waals surface area contributed by atoms with Crippen LogP contribution in [0.5, 0.6) is 0 Å². The van der Waals surface area contributed by atoms with Gasteiger partial charge in [-0.2, -0.15) is 5.10 Å². The summed E-state index contributed by atoms with van der Waals surface area (Å²) in [7, 11) is 1.75. The van der Waals surface area contributed by atoms with E-state index in [9.17, 15) is 9.59 Å². The summed E-state index contributed by atoms with van der Waals surface area (Å²) in [5.41, 5.74) is 7.72. The molecule has 1 fully saturated rings. The Morgan fingerprint density at radius 1 is 1.12 bits per heavy atom. The van der Waals surface area contributed by atoms with Crippen molar-refractivity contribution in [3.8, 4) is 11.1 Å². The summed E-state index contributed by atoms with van der Waals surface area (Å²) >= 11 is 0. The number of nitrogens with one attached hydrogen (secondary N) is 1. The van der Waals surface area contributed by atoms with Gasteiger partial charge in [-0.15, -0.1) is 0 Å². The number of anilines is 3. The van der Waals surface area contributed by atoms with Crippen LogP contribution in [0.3, 0.4) is 0 Å². The molecule has 0 spiro atoms. The summed E-state index contributed by atoms with van der Waals surface area (Å²) in [5, 5.41) is 7.94. The molecule has 1 saturated heterocycles. The Morgan fingerprint density at radius 2 is 1.93 bits per heavy atom. The third-order valence-electron chi connectivity index (χ3n) is 8.91. The molecule has 218 valence electrons. The lowest BCUT2D eigenvalue weighted by Crippen LogP contribution is -2.41. The van der Waals surface area contributed by atoms with Crippen LogP contribution in [-0.2, 0) is 37.6 Å². The Hall–Kier alpha value is -4.18. The second-order valence-corrected chi connectivity index (χ2v) is 12.6. The molecule has 4 aromatic rings. The van der Waals surface area contributed by atoms with E-state index in [1.165, 1.54) is 11.3 Å². The van der Waals surface area contributed by atoms with E-state index in [0.29, 0.717) is 43.5 Å². The van der Waals surface area contributed by atoms with Crippen LogP contribution in [0.2, 0.25) is 0 Å². The standard InChI is InChI=1S/C32H37N7O3/c1-6-23-24(21-12-25(30(40)36(5)16-21)34-28-11-19(2)39(35-28)22-17-42-18-22)7-8-33-29(23)38-10-9-37-26(31(38)41)13-20-14-32(3,4)15-27(20)37/h7-8,11-13,16,22H,6,9-10,14-15,17-18H2,1-5H3,(H,34,35). The molecule has 0 saturated carbocycles. The van der Waals surface area contributed by atoms with E-state index in [0.717, 1.165) is 47.5 Å². The van der Waals surface area contributed by atoms with Gasteiger partial charge in [-0.3, -0.25) is 19.2 Å². The Morgan fingerprint density at radius 3 is 2.67 bits per heavy atom. The van der Waals surface area contributed by atoms with Gasteiger partial charge in [0.25, 0.3) is 11.5 Å². The fourth-order valence-electron chi connectivity index (χ4n) is 6.82. The zero-order chi connectivity index (χ0) is 29.3. The van der Waals surface area contributed by atoms with Gasteiger partial charge in [0, 0.05) is 61.1 Å². The molecular weight excluding hydrogens is 530 g/mol. The smallest absolute Gasteiger partial charge is 0.276 e.